The summed E-state index contributed by atoms with van der Waals surface area (Å²) in [7, 11) is 0. The maximum absolute atomic E-state index is 14.0. The van der Waals surface area contributed by atoms with Crippen molar-refractivity contribution >= 4 is 39.9 Å². The second-order valence-corrected chi connectivity index (χ2v) is 5.54. The minimum absolute atomic E-state index is 0.00245. The van der Waals surface area contributed by atoms with E-state index in [1.54, 1.807) is 0 Å². The van der Waals surface area contributed by atoms with Gasteiger partial charge in [0.1, 0.15) is 11.3 Å². The van der Waals surface area contributed by atoms with Crippen molar-refractivity contribution in [2.45, 2.75) is 18.6 Å². The first-order valence-electron chi connectivity index (χ1n) is 6.20. The minimum atomic E-state index is -0.671. The molecule has 2 fully saturated rings. The van der Waals surface area contributed by atoms with Crippen LogP contribution in [0.3, 0.4) is 0 Å². The fraction of sp³-hybridized carbons (Fsp3) is 0.417. The standard InChI is InChI=1S/C12H9Cl2FN4O/c13-10-8(15)9-5(4-16-10)11(18-12(14)17-9)19-1-2-20-7-3-6(7)19/h4,6-7H,1-3H2. The number of hydrogen-bond acceptors (Lipinski definition) is 5. The lowest BCUT2D eigenvalue weighted by molar-refractivity contribution is 0.103. The molecule has 4 rings (SSSR count). The van der Waals surface area contributed by atoms with E-state index in [4.69, 9.17) is 27.9 Å². The zero-order chi connectivity index (χ0) is 13.9. The number of aromatic nitrogens is 3. The molecule has 20 heavy (non-hydrogen) atoms. The van der Waals surface area contributed by atoms with Crippen LogP contribution in [-0.4, -0.2) is 40.2 Å². The second kappa shape index (κ2) is 4.38. The highest BCUT2D eigenvalue weighted by Crippen LogP contribution is 2.39. The maximum Gasteiger partial charge on any atom is 0.225 e. The van der Waals surface area contributed by atoms with Crippen molar-refractivity contribution in [2.75, 3.05) is 18.1 Å². The molecule has 0 spiro atoms. The number of halogens is 3. The van der Waals surface area contributed by atoms with Crippen molar-refractivity contribution in [3.8, 4) is 0 Å². The predicted octanol–water partition coefficient (Wildman–Crippen LogP) is 2.45. The summed E-state index contributed by atoms with van der Waals surface area (Å²) in [4.78, 5) is 14.1. The smallest absolute Gasteiger partial charge is 0.225 e. The molecular weight excluding hydrogens is 306 g/mol. The number of rotatable bonds is 1. The van der Waals surface area contributed by atoms with Crippen molar-refractivity contribution in [3.05, 3.63) is 22.5 Å². The number of ether oxygens (including phenoxy) is 1. The largest absolute Gasteiger partial charge is 0.374 e. The molecule has 1 aliphatic heterocycles. The zero-order valence-corrected chi connectivity index (χ0v) is 11.7. The van der Waals surface area contributed by atoms with Crippen molar-refractivity contribution in [1.82, 2.24) is 15.0 Å². The molecule has 0 aromatic carbocycles. The van der Waals surface area contributed by atoms with Gasteiger partial charge >= 0.3 is 0 Å². The molecule has 2 aliphatic rings. The van der Waals surface area contributed by atoms with Crippen LogP contribution >= 0.6 is 23.2 Å². The monoisotopic (exact) mass is 314 g/mol. The molecule has 3 heterocycles. The Hall–Kier alpha value is -1.24. The van der Waals surface area contributed by atoms with Crippen molar-refractivity contribution in [3.63, 3.8) is 0 Å². The molecule has 8 heteroatoms. The lowest BCUT2D eigenvalue weighted by Crippen LogP contribution is -2.37. The van der Waals surface area contributed by atoms with E-state index in [1.165, 1.54) is 6.20 Å². The summed E-state index contributed by atoms with van der Waals surface area (Å²) in [5.74, 6) is -0.0748. The van der Waals surface area contributed by atoms with Crippen LogP contribution in [0.1, 0.15) is 6.42 Å². The van der Waals surface area contributed by atoms with E-state index < -0.39 is 5.82 Å². The third-order valence-electron chi connectivity index (χ3n) is 3.63. The summed E-state index contributed by atoms with van der Waals surface area (Å²) >= 11 is 11.6. The summed E-state index contributed by atoms with van der Waals surface area (Å²) in [6.07, 6.45) is 2.67. The fourth-order valence-corrected chi connectivity index (χ4v) is 2.91. The number of fused-ring (bicyclic) bond motifs is 2. The molecule has 0 radical (unpaired) electrons. The van der Waals surface area contributed by atoms with Gasteiger partial charge in [0.25, 0.3) is 0 Å². The Morgan fingerprint density at radius 2 is 2.20 bits per heavy atom. The normalized spacial score (nSPS) is 24.9. The first-order chi connectivity index (χ1) is 9.65. The summed E-state index contributed by atoms with van der Waals surface area (Å²) in [6.45, 7) is 1.31. The topological polar surface area (TPSA) is 51.1 Å². The Balaban J connectivity index is 1.92. The Morgan fingerprint density at radius 1 is 1.35 bits per heavy atom. The lowest BCUT2D eigenvalue weighted by atomic mass is 10.2. The van der Waals surface area contributed by atoms with E-state index in [0.29, 0.717) is 24.4 Å². The van der Waals surface area contributed by atoms with Gasteiger partial charge in [0.15, 0.2) is 11.0 Å². The van der Waals surface area contributed by atoms with Crippen LogP contribution in [0.5, 0.6) is 0 Å². The van der Waals surface area contributed by atoms with E-state index in [1.807, 2.05) is 0 Å². The van der Waals surface area contributed by atoms with Gasteiger partial charge < -0.3 is 9.64 Å². The number of morpholine rings is 1. The number of nitrogens with zero attached hydrogens (tertiary/aromatic N) is 4. The number of anilines is 1. The van der Waals surface area contributed by atoms with Crippen LogP contribution in [-0.2, 0) is 4.74 Å². The summed E-state index contributed by atoms with van der Waals surface area (Å²) in [5, 5.41) is 0.297. The second-order valence-electron chi connectivity index (χ2n) is 4.85. The first-order valence-corrected chi connectivity index (χ1v) is 6.96. The van der Waals surface area contributed by atoms with Crippen LogP contribution in [0, 0.1) is 5.82 Å². The molecule has 2 aromatic heterocycles. The highest BCUT2D eigenvalue weighted by molar-refractivity contribution is 6.30. The fourth-order valence-electron chi connectivity index (χ4n) is 2.61. The van der Waals surface area contributed by atoms with Crippen molar-refractivity contribution < 1.29 is 9.13 Å². The van der Waals surface area contributed by atoms with Gasteiger partial charge in [-0.25, -0.2) is 14.4 Å². The van der Waals surface area contributed by atoms with Crippen LogP contribution in [0.15, 0.2) is 6.20 Å². The molecule has 104 valence electrons. The van der Waals surface area contributed by atoms with Gasteiger partial charge in [-0.3, -0.25) is 0 Å². The Labute approximate surface area is 123 Å². The molecule has 1 aliphatic carbocycles. The van der Waals surface area contributed by atoms with E-state index in [0.717, 1.165) is 6.42 Å². The SMILES string of the molecule is Fc1c(Cl)ncc2c(N3CCOC4CC43)nc(Cl)nc12. The molecule has 1 saturated heterocycles. The molecular formula is C12H9Cl2FN4O. The van der Waals surface area contributed by atoms with Gasteiger partial charge in [0.05, 0.1) is 24.1 Å². The Morgan fingerprint density at radius 3 is 3.05 bits per heavy atom. The molecule has 2 unspecified atom stereocenters. The molecule has 2 aromatic rings. The summed E-state index contributed by atoms with van der Waals surface area (Å²) in [5.41, 5.74) is 0.101. The zero-order valence-electron chi connectivity index (χ0n) is 10.2. The van der Waals surface area contributed by atoms with Gasteiger partial charge in [-0.1, -0.05) is 11.6 Å². The highest BCUT2D eigenvalue weighted by Gasteiger charge is 2.46. The van der Waals surface area contributed by atoms with E-state index in [2.05, 4.69) is 19.9 Å². The molecule has 2 atom stereocenters. The van der Waals surface area contributed by atoms with Crippen LogP contribution in [0.4, 0.5) is 10.2 Å². The quantitative estimate of drug-likeness (QED) is 0.598. The molecule has 0 N–H and O–H groups in total. The number of hydrogen-bond donors (Lipinski definition) is 0. The van der Waals surface area contributed by atoms with Crippen molar-refractivity contribution in [1.29, 1.82) is 0 Å². The van der Waals surface area contributed by atoms with Gasteiger partial charge in [-0.15, -0.1) is 0 Å². The van der Waals surface area contributed by atoms with E-state index in [-0.39, 0.29) is 28.1 Å². The lowest BCUT2D eigenvalue weighted by Gasteiger charge is -2.28. The molecule has 0 amide bonds. The predicted molar refractivity (Wildman–Crippen MR) is 72.8 cm³/mol. The van der Waals surface area contributed by atoms with Gasteiger partial charge in [-0.05, 0) is 18.0 Å². The summed E-state index contributed by atoms with van der Waals surface area (Å²) < 4.78 is 19.6. The molecule has 0 bridgehead atoms. The third-order valence-corrected chi connectivity index (χ3v) is 4.06. The van der Waals surface area contributed by atoms with Crippen LogP contribution in [0.25, 0.3) is 10.9 Å². The molecule has 1 saturated carbocycles. The van der Waals surface area contributed by atoms with Gasteiger partial charge in [0, 0.05) is 12.7 Å². The average molecular weight is 315 g/mol. The van der Waals surface area contributed by atoms with Gasteiger partial charge in [-0.2, -0.15) is 4.98 Å². The Kier molecular flexibility index (Phi) is 2.73. The van der Waals surface area contributed by atoms with Crippen molar-refractivity contribution in [2.24, 2.45) is 0 Å². The van der Waals surface area contributed by atoms with Crippen LogP contribution in [0.2, 0.25) is 10.4 Å². The minimum Gasteiger partial charge on any atom is -0.374 e. The summed E-state index contributed by atoms with van der Waals surface area (Å²) in [6, 6.07) is 0.275. The van der Waals surface area contributed by atoms with Crippen LogP contribution < -0.4 is 4.90 Å². The van der Waals surface area contributed by atoms with Gasteiger partial charge in [0.2, 0.25) is 5.28 Å². The maximum atomic E-state index is 14.0. The molecule has 5 nitrogen and oxygen atoms in total. The van der Waals surface area contributed by atoms with E-state index in [9.17, 15) is 4.39 Å². The van der Waals surface area contributed by atoms with E-state index >= 15 is 0 Å². The number of pyridine rings is 1. The third kappa shape index (κ3) is 1.82. The highest BCUT2D eigenvalue weighted by atomic mass is 35.5. The average Bonchev–Trinajstić information content (AvgIpc) is 3.22. The first kappa shape index (κ1) is 12.5. The Bertz CT molecular complexity index is 713.